The van der Waals surface area contributed by atoms with Crippen molar-refractivity contribution in [2.75, 3.05) is 20.3 Å². The van der Waals surface area contributed by atoms with Crippen molar-refractivity contribution in [3.63, 3.8) is 0 Å². The summed E-state index contributed by atoms with van der Waals surface area (Å²) in [6.07, 6.45) is 6.06. The number of ether oxygens (including phenoxy) is 1. The monoisotopic (exact) mass is 387 g/mol. The molecule has 146 valence electrons. The van der Waals surface area contributed by atoms with Crippen molar-refractivity contribution < 1.29 is 9.53 Å². The second kappa shape index (κ2) is 8.62. The third kappa shape index (κ3) is 4.14. The molecule has 4 aromatic rings. The second-order valence-electron chi connectivity index (χ2n) is 6.56. The summed E-state index contributed by atoms with van der Waals surface area (Å²) in [5, 5.41) is 2.88. The van der Waals surface area contributed by atoms with Crippen LogP contribution in [0.3, 0.4) is 0 Å². The number of hydrogen-bond donors (Lipinski definition) is 2. The lowest BCUT2D eigenvalue weighted by atomic mass is 10.1. The Bertz CT molecular complexity index is 1110. The Balaban J connectivity index is 1.57. The van der Waals surface area contributed by atoms with Gasteiger partial charge in [0.2, 0.25) is 0 Å². The van der Waals surface area contributed by atoms with Gasteiger partial charge in [-0.2, -0.15) is 0 Å². The highest BCUT2D eigenvalue weighted by Crippen LogP contribution is 2.28. The number of fused-ring (bicyclic) bond motifs is 1. The topological polar surface area (TPSA) is 92.8 Å². The zero-order valence-corrected chi connectivity index (χ0v) is 16.1. The van der Waals surface area contributed by atoms with E-state index >= 15 is 0 Å². The molecule has 0 aliphatic rings. The van der Waals surface area contributed by atoms with Gasteiger partial charge in [0.15, 0.2) is 5.65 Å². The molecule has 0 saturated heterocycles. The average molecular weight is 387 g/mol. The molecule has 4 rings (SSSR count). The number of nitrogens with one attached hydrogen (secondary N) is 2. The highest BCUT2D eigenvalue weighted by molar-refractivity contribution is 5.95. The second-order valence-corrected chi connectivity index (χ2v) is 6.56. The van der Waals surface area contributed by atoms with Crippen molar-refractivity contribution in [1.29, 1.82) is 0 Å². The van der Waals surface area contributed by atoms with Crippen LogP contribution in [-0.4, -0.2) is 46.1 Å². The molecule has 3 heterocycles. The van der Waals surface area contributed by atoms with Gasteiger partial charge in [-0.15, -0.1) is 0 Å². The summed E-state index contributed by atoms with van der Waals surface area (Å²) in [7, 11) is 1.65. The van der Waals surface area contributed by atoms with Crippen molar-refractivity contribution in [2.24, 2.45) is 0 Å². The Labute approximate surface area is 168 Å². The first-order valence-electron chi connectivity index (χ1n) is 9.39. The Kier molecular flexibility index (Phi) is 5.58. The molecule has 1 amide bonds. The molecule has 0 bridgehead atoms. The third-order valence-corrected chi connectivity index (χ3v) is 4.61. The predicted molar refractivity (Wildman–Crippen MR) is 111 cm³/mol. The molecular weight excluding hydrogens is 366 g/mol. The van der Waals surface area contributed by atoms with Gasteiger partial charge < -0.3 is 15.0 Å². The number of methoxy groups -OCH3 is 1. The maximum atomic E-state index is 12.2. The minimum absolute atomic E-state index is 0.0982. The van der Waals surface area contributed by atoms with Crippen LogP contribution >= 0.6 is 0 Å². The molecule has 0 aliphatic carbocycles. The van der Waals surface area contributed by atoms with Crippen LogP contribution in [0, 0.1) is 0 Å². The molecule has 0 radical (unpaired) electrons. The maximum absolute atomic E-state index is 12.2. The van der Waals surface area contributed by atoms with E-state index < -0.39 is 0 Å². The van der Waals surface area contributed by atoms with Crippen LogP contribution in [0.2, 0.25) is 0 Å². The molecule has 7 heteroatoms. The minimum Gasteiger partial charge on any atom is -0.385 e. The number of imidazole rings is 1. The molecule has 0 aliphatic heterocycles. The number of carbonyl (C=O) groups excluding carboxylic acids is 1. The molecule has 0 unspecified atom stereocenters. The van der Waals surface area contributed by atoms with Crippen LogP contribution in [-0.2, 0) is 4.74 Å². The largest absolute Gasteiger partial charge is 0.385 e. The highest BCUT2D eigenvalue weighted by atomic mass is 16.5. The number of H-pyrrole nitrogens is 1. The van der Waals surface area contributed by atoms with Crippen LogP contribution in [0.15, 0.2) is 61.1 Å². The van der Waals surface area contributed by atoms with Crippen molar-refractivity contribution in [1.82, 2.24) is 25.3 Å². The van der Waals surface area contributed by atoms with Crippen molar-refractivity contribution in [2.45, 2.75) is 6.42 Å². The van der Waals surface area contributed by atoms with Crippen LogP contribution in [0.25, 0.3) is 33.7 Å². The van der Waals surface area contributed by atoms with E-state index in [4.69, 9.17) is 9.72 Å². The number of amides is 1. The van der Waals surface area contributed by atoms with Gasteiger partial charge >= 0.3 is 0 Å². The van der Waals surface area contributed by atoms with E-state index in [1.54, 1.807) is 37.8 Å². The van der Waals surface area contributed by atoms with E-state index in [0.717, 1.165) is 28.6 Å². The van der Waals surface area contributed by atoms with Gasteiger partial charge in [-0.05, 0) is 42.3 Å². The zero-order valence-electron chi connectivity index (χ0n) is 16.1. The highest BCUT2D eigenvalue weighted by Gasteiger charge is 2.12. The summed E-state index contributed by atoms with van der Waals surface area (Å²) in [6, 6.07) is 13.2. The number of carbonyl (C=O) groups is 1. The van der Waals surface area contributed by atoms with Crippen molar-refractivity contribution in [3.05, 3.63) is 66.6 Å². The fourth-order valence-electron chi connectivity index (χ4n) is 3.11. The van der Waals surface area contributed by atoms with E-state index in [1.165, 1.54) is 0 Å². The van der Waals surface area contributed by atoms with Crippen LogP contribution in [0.4, 0.5) is 0 Å². The molecular formula is C22H21N5O2. The Hall–Kier alpha value is -3.58. The number of hydrogen-bond acceptors (Lipinski definition) is 5. The smallest absolute Gasteiger partial charge is 0.251 e. The minimum atomic E-state index is -0.0982. The number of benzene rings is 1. The molecule has 0 saturated carbocycles. The lowest BCUT2D eigenvalue weighted by molar-refractivity contribution is 0.0948. The number of nitrogens with zero attached hydrogens (tertiary/aromatic N) is 3. The van der Waals surface area contributed by atoms with E-state index in [2.05, 4.69) is 20.3 Å². The van der Waals surface area contributed by atoms with Crippen LogP contribution < -0.4 is 5.32 Å². The molecule has 3 aromatic heterocycles. The summed E-state index contributed by atoms with van der Waals surface area (Å²) in [5.41, 5.74) is 5.04. The first-order chi connectivity index (χ1) is 14.3. The molecule has 1 aromatic carbocycles. The lowest BCUT2D eigenvalue weighted by Gasteiger charge is -2.05. The number of aromatic amines is 1. The number of rotatable bonds is 7. The maximum Gasteiger partial charge on any atom is 0.251 e. The van der Waals surface area contributed by atoms with E-state index in [9.17, 15) is 4.79 Å². The first kappa shape index (κ1) is 18.8. The Morgan fingerprint density at radius 3 is 2.59 bits per heavy atom. The van der Waals surface area contributed by atoms with Gasteiger partial charge in [0, 0.05) is 55.5 Å². The van der Waals surface area contributed by atoms with Gasteiger partial charge in [0.1, 0.15) is 11.3 Å². The summed E-state index contributed by atoms with van der Waals surface area (Å²) in [6.45, 7) is 1.21. The van der Waals surface area contributed by atoms with Gasteiger partial charge in [-0.25, -0.2) is 9.97 Å². The Morgan fingerprint density at radius 2 is 1.83 bits per heavy atom. The molecule has 2 N–H and O–H groups in total. The lowest BCUT2D eigenvalue weighted by Crippen LogP contribution is -2.25. The SMILES string of the molecule is COCCCNC(=O)c1ccc(-c2nc3c(-c4ccncc4)ccnc3[nH]2)cc1. The summed E-state index contributed by atoms with van der Waals surface area (Å²) < 4.78 is 4.99. The molecule has 0 atom stereocenters. The number of pyridine rings is 2. The Morgan fingerprint density at radius 1 is 1.03 bits per heavy atom. The van der Waals surface area contributed by atoms with E-state index in [-0.39, 0.29) is 5.91 Å². The molecule has 29 heavy (non-hydrogen) atoms. The fraction of sp³-hybridized carbons (Fsp3) is 0.182. The summed E-state index contributed by atoms with van der Waals surface area (Å²) in [5.74, 6) is 0.611. The standard InChI is InChI=1S/C22H21N5O2/c1-29-14-2-10-25-22(28)17-5-3-16(4-6-17)20-26-19-18(9-13-24-21(19)27-20)15-7-11-23-12-8-15/h3-9,11-13H,2,10,14H2,1H3,(H,25,28)(H,24,26,27). The molecule has 7 nitrogen and oxygen atoms in total. The van der Waals surface area contributed by atoms with Gasteiger partial charge in [0.25, 0.3) is 5.91 Å². The zero-order chi connectivity index (χ0) is 20.1. The van der Waals surface area contributed by atoms with Gasteiger partial charge in [-0.1, -0.05) is 12.1 Å². The quantitative estimate of drug-likeness (QED) is 0.474. The average Bonchev–Trinajstić information content (AvgIpc) is 3.22. The summed E-state index contributed by atoms with van der Waals surface area (Å²) in [4.78, 5) is 28.7. The summed E-state index contributed by atoms with van der Waals surface area (Å²) >= 11 is 0. The fourth-order valence-corrected chi connectivity index (χ4v) is 3.11. The molecule has 0 fully saturated rings. The number of aromatic nitrogens is 4. The van der Waals surface area contributed by atoms with Crippen molar-refractivity contribution in [3.8, 4) is 22.5 Å². The molecule has 0 spiro atoms. The van der Waals surface area contributed by atoms with Gasteiger partial charge in [0.05, 0.1) is 0 Å². The van der Waals surface area contributed by atoms with Crippen molar-refractivity contribution >= 4 is 17.1 Å². The normalized spacial score (nSPS) is 10.9. The van der Waals surface area contributed by atoms with Crippen LogP contribution in [0.1, 0.15) is 16.8 Å². The third-order valence-electron chi connectivity index (χ3n) is 4.61. The predicted octanol–water partition coefficient (Wildman–Crippen LogP) is 3.45. The first-order valence-corrected chi connectivity index (χ1v) is 9.39. The van der Waals surface area contributed by atoms with Crippen LogP contribution in [0.5, 0.6) is 0 Å². The van der Waals surface area contributed by atoms with Gasteiger partial charge in [-0.3, -0.25) is 9.78 Å². The van der Waals surface area contributed by atoms with E-state index in [0.29, 0.717) is 30.2 Å². The van der Waals surface area contributed by atoms with E-state index in [1.807, 2.05) is 30.3 Å².